The summed E-state index contributed by atoms with van der Waals surface area (Å²) in [6.07, 6.45) is 1.57. The van der Waals surface area contributed by atoms with E-state index in [0.717, 1.165) is 6.08 Å². The molecule has 0 aromatic heterocycles. The second-order valence-corrected chi connectivity index (χ2v) is 10.3. The van der Waals surface area contributed by atoms with E-state index in [9.17, 15) is 14.4 Å². The van der Waals surface area contributed by atoms with Crippen LogP contribution >= 0.6 is 0 Å². The van der Waals surface area contributed by atoms with Gasteiger partial charge in [-0.2, -0.15) is 0 Å². The molecule has 0 unspecified atom stereocenters. The first-order chi connectivity index (χ1) is 25.6. The van der Waals surface area contributed by atoms with Gasteiger partial charge in [-0.15, -0.1) is 0 Å². The van der Waals surface area contributed by atoms with Crippen LogP contribution in [0.3, 0.4) is 0 Å². The average molecular weight is 758 g/mol. The molecule has 0 radical (unpaired) electrons. The number of carboxylic acid groups (broad SMARTS) is 1. The molecule has 0 bridgehead atoms. The molecule has 0 aromatic carbocycles. The molecule has 0 rings (SSSR count). The van der Waals surface area contributed by atoms with E-state index in [1.807, 2.05) is 0 Å². The molecular formula is C34H63NO17. The maximum Gasteiger partial charge on any atom is 0.330 e. The fourth-order valence-corrected chi connectivity index (χ4v) is 3.49. The van der Waals surface area contributed by atoms with Crippen LogP contribution in [-0.4, -0.2) is 195 Å². The Labute approximate surface area is 307 Å². The maximum absolute atomic E-state index is 11.4. The lowest BCUT2D eigenvalue weighted by molar-refractivity contribution is -0.139. The van der Waals surface area contributed by atoms with Crippen molar-refractivity contribution in [3.63, 3.8) is 0 Å². The quantitative estimate of drug-likeness (QED) is 0.0487. The summed E-state index contributed by atoms with van der Waals surface area (Å²) in [6, 6.07) is 0. The Morgan fingerprint density at radius 1 is 0.423 bits per heavy atom. The Bertz CT molecular complexity index is 808. The summed E-state index contributed by atoms with van der Waals surface area (Å²) in [7, 11) is 0. The number of rotatable bonds is 44. The lowest BCUT2D eigenvalue weighted by Crippen LogP contribution is -2.25. The lowest BCUT2D eigenvalue weighted by Gasteiger charge is -2.09. The molecule has 0 fully saturated rings. The molecular weight excluding hydrogens is 694 g/mol. The highest BCUT2D eigenvalue weighted by atomic mass is 16.6. The molecule has 306 valence electrons. The number of hydrogen-bond donors (Lipinski definition) is 2. The minimum Gasteiger partial charge on any atom is -0.481 e. The molecule has 0 aliphatic heterocycles. The van der Waals surface area contributed by atoms with Crippen LogP contribution in [0.25, 0.3) is 0 Å². The van der Waals surface area contributed by atoms with E-state index >= 15 is 0 Å². The molecule has 0 aromatic rings. The second-order valence-electron chi connectivity index (χ2n) is 10.3. The van der Waals surface area contributed by atoms with Gasteiger partial charge in [-0.25, -0.2) is 4.79 Å². The average Bonchev–Trinajstić information content (AvgIpc) is 3.14. The van der Waals surface area contributed by atoms with Crippen molar-refractivity contribution in [3.05, 3.63) is 12.7 Å². The van der Waals surface area contributed by atoms with Gasteiger partial charge in [0.2, 0.25) is 5.91 Å². The number of hydrogen-bond acceptors (Lipinski definition) is 16. The summed E-state index contributed by atoms with van der Waals surface area (Å²) in [5.74, 6) is -1.72. The highest BCUT2D eigenvalue weighted by molar-refractivity contribution is 5.81. The van der Waals surface area contributed by atoms with Gasteiger partial charge < -0.3 is 72.0 Å². The van der Waals surface area contributed by atoms with Crippen molar-refractivity contribution in [1.29, 1.82) is 0 Å². The number of aliphatic carboxylic acids is 1. The first-order valence-electron chi connectivity index (χ1n) is 17.8. The molecule has 18 nitrogen and oxygen atoms in total. The summed E-state index contributed by atoms with van der Waals surface area (Å²) in [4.78, 5) is 32.6. The molecule has 0 heterocycles. The minimum absolute atomic E-state index is 0.0147. The Kier molecular flexibility index (Phi) is 41.1. The van der Waals surface area contributed by atoms with Gasteiger partial charge in [0.25, 0.3) is 0 Å². The Hall–Kier alpha value is -2.33. The standard InChI is InChI=1S/C34H63NO17/c1-2-34(39)52-31-30-51-29-28-50-27-26-49-25-24-48-23-22-47-21-20-46-19-18-45-17-16-44-15-14-43-13-12-42-11-10-41-9-8-40-7-3-6-35-32(36)4-5-33(37)38/h2H,1,3-31H2,(H,35,36)(H,37,38). The van der Waals surface area contributed by atoms with Gasteiger partial charge in [0.05, 0.1) is 158 Å². The first-order valence-corrected chi connectivity index (χ1v) is 17.8. The van der Waals surface area contributed by atoms with Crippen LogP contribution in [0.2, 0.25) is 0 Å². The van der Waals surface area contributed by atoms with E-state index in [2.05, 4.69) is 11.9 Å². The minimum atomic E-state index is -0.986. The number of ether oxygens (including phenoxy) is 13. The van der Waals surface area contributed by atoms with Crippen LogP contribution in [0.15, 0.2) is 12.7 Å². The zero-order valence-electron chi connectivity index (χ0n) is 30.8. The van der Waals surface area contributed by atoms with Crippen molar-refractivity contribution in [3.8, 4) is 0 Å². The molecule has 52 heavy (non-hydrogen) atoms. The number of esters is 1. The molecule has 0 saturated carbocycles. The molecule has 2 N–H and O–H groups in total. The van der Waals surface area contributed by atoms with E-state index in [1.54, 1.807) is 0 Å². The van der Waals surface area contributed by atoms with E-state index in [4.69, 9.17) is 66.7 Å². The fraction of sp³-hybridized carbons (Fsp3) is 0.853. The third kappa shape index (κ3) is 43.8. The topological polar surface area (TPSA) is 203 Å². The highest BCUT2D eigenvalue weighted by Gasteiger charge is 2.04. The SMILES string of the molecule is C=CC(=O)OCCOCCOCCOCCOCCOCCOCCOCCOCCOCCOCCOCCOCCCNC(=O)CCC(=O)O. The first kappa shape index (κ1) is 49.7. The largest absolute Gasteiger partial charge is 0.481 e. The van der Waals surface area contributed by atoms with Crippen LogP contribution < -0.4 is 5.32 Å². The van der Waals surface area contributed by atoms with E-state index in [1.165, 1.54) is 0 Å². The summed E-state index contributed by atoms with van der Waals surface area (Å²) < 4.78 is 69.9. The molecule has 18 heteroatoms. The van der Waals surface area contributed by atoms with Crippen molar-refractivity contribution < 1.29 is 81.1 Å². The molecule has 0 aliphatic carbocycles. The van der Waals surface area contributed by atoms with Gasteiger partial charge in [0, 0.05) is 25.6 Å². The van der Waals surface area contributed by atoms with Gasteiger partial charge in [-0.3, -0.25) is 9.59 Å². The Morgan fingerprint density at radius 3 is 0.962 bits per heavy atom. The van der Waals surface area contributed by atoms with Crippen LogP contribution in [-0.2, 0) is 76.0 Å². The normalized spacial score (nSPS) is 11.2. The summed E-state index contributed by atoms with van der Waals surface area (Å²) in [5.41, 5.74) is 0. The van der Waals surface area contributed by atoms with Gasteiger partial charge >= 0.3 is 11.9 Å². The number of carbonyl (C=O) groups is 3. The van der Waals surface area contributed by atoms with E-state index in [0.29, 0.717) is 172 Å². The smallest absolute Gasteiger partial charge is 0.330 e. The van der Waals surface area contributed by atoms with Gasteiger partial charge in [-0.05, 0) is 6.42 Å². The van der Waals surface area contributed by atoms with Gasteiger partial charge in [0.15, 0.2) is 0 Å². The van der Waals surface area contributed by atoms with Crippen LogP contribution in [0.5, 0.6) is 0 Å². The lowest BCUT2D eigenvalue weighted by atomic mass is 10.3. The molecule has 0 aliphatic rings. The van der Waals surface area contributed by atoms with Gasteiger partial charge in [-0.1, -0.05) is 6.58 Å². The van der Waals surface area contributed by atoms with Crippen molar-refractivity contribution in [2.75, 3.05) is 172 Å². The fourth-order valence-electron chi connectivity index (χ4n) is 3.49. The zero-order valence-corrected chi connectivity index (χ0v) is 30.8. The molecule has 0 saturated heterocycles. The van der Waals surface area contributed by atoms with Gasteiger partial charge in [0.1, 0.15) is 6.61 Å². The van der Waals surface area contributed by atoms with Crippen LogP contribution in [0.4, 0.5) is 0 Å². The Balaban J connectivity index is 3.09. The second kappa shape index (κ2) is 43.1. The summed E-state index contributed by atoms with van der Waals surface area (Å²) >= 11 is 0. The monoisotopic (exact) mass is 757 g/mol. The maximum atomic E-state index is 11.4. The Morgan fingerprint density at radius 2 is 0.692 bits per heavy atom. The van der Waals surface area contributed by atoms with E-state index < -0.39 is 11.9 Å². The van der Waals surface area contributed by atoms with Crippen molar-refractivity contribution in [2.45, 2.75) is 19.3 Å². The molecule has 0 atom stereocenters. The van der Waals surface area contributed by atoms with Crippen molar-refractivity contribution in [1.82, 2.24) is 5.32 Å². The number of nitrogens with one attached hydrogen (secondary N) is 1. The number of amides is 1. The summed E-state index contributed by atoms with van der Waals surface area (Å²) in [6.45, 7) is 15.0. The predicted octanol–water partition coefficient (Wildman–Crippen LogP) is 0.286. The number of carboxylic acids is 1. The third-order valence-electron chi connectivity index (χ3n) is 6.08. The third-order valence-corrected chi connectivity index (χ3v) is 6.08. The van der Waals surface area contributed by atoms with Crippen molar-refractivity contribution >= 4 is 17.8 Å². The highest BCUT2D eigenvalue weighted by Crippen LogP contribution is 1.91. The molecule has 0 spiro atoms. The predicted molar refractivity (Wildman–Crippen MR) is 185 cm³/mol. The van der Waals surface area contributed by atoms with E-state index in [-0.39, 0.29) is 25.4 Å². The van der Waals surface area contributed by atoms with Crippen LogP contribution in [0, 0.1) is 0 Å². The zero-order chi connectivity index (χ0) is 37.8. The number of carbonyl (C=O) groups excluding carboxylic acids is 2. The van der Waals surface area contributed by atoms with Crippen LogP contribution in [0.1, 0.15) is 19.3 Å². The summed E-state index contributed by atoms with van der Waals surface area (Å²) in [5, 5.41) is 11.2. The molecule has 1 amide bonds. The van der Waals surface area contributed by atoms with Crippen molar-refractivity contribution in [2.24, 2.45) is 0 Å².